The van der Waals surface area contributed by atoms with Crippen molar-refractivity contribution in [2.24, 2.45) is 0 Å². The van der Waals surface area contributed by atoms with Crippen LogP contribution in [0.25, 0.3) is 11.0 Å². The highest BCUT2D eigenvalue weighted by atomic mass is 32.2. The smallest absolute Gasteiger partial charge is 0.216 e. The Hall–Kier alpha value is -1.83. The maximum Gasteiger partial charge on any atom is 0.216 e. The molecule has 0 fully saturated rings. The molecule has 0 radical (unpaired) electrons. The maximum absolute atomic E-state index is 11.0. The van der Waals surface area contributed by atoms with E-state index in [-0.39, 0.29) is 5.91 Å². The number of anilines is 1. The Morgan fingerprint density at radius 3 is 2.78 bits per heavy atom. The van der Waals surface area contributed by atoms with Crippen LogP contribution in [-0.2, 0) is 11.3 Å². The lowest BCUT2D eigenvalue weighted by atomic mass is 10.3. The second-order valence-corrected chi connectivity index (χ2v) is 7.08. The summed E-state index contributed by atoms with van der Waals surface area (Å²) in [7, 11) is 0. The summed E-state index contributed by atoms with van der Waals surface area (Å²) < 4.78 is 1.81. The third kappa shape index (κ3) is 4.82. The SMILES string of the molecule is CCCNc1nc(SC(C)C)nc2c1cnn2CCNC(C)=O. The van der Waals surface area contributed by atoms with Gasteiger partial charge in [-0.05, 0) is 6.42 Å². The number of nitrogens with zero attached hydrogens (tertiary/aromatic N) is 4. The Balaban J connectivity index is 2.32. The third-order valence-corrected chi connectivity index (χ3v) is 3.92. The van der Waals surface area contributed by atoms with Crippen LogP contribution in [-0.4, -0.2) is 44.0 Å². The summed E-state index contributed by atoms with van der Waals surface area (Å²) in [5, 5.41) is 12.6. The molecule has 7 nitrogen and oxygen atoms in total. The second-order valence-electron chi connectivity index (χ2n) is 5.54. The van der Waals surface area contributed by atoms with Crippen molar-refractivity contribution in [2.75, 3.05) is 18.4 Å². The van der Waals surface area contributed by atoms with Crippen LogP contribution in [0.5, 0.6) is 0 Å². The van der Waals surface area contributed by atoms with Crippen molar-refractivity contribution < 1.29 is 4.79 Å². The fraction of sp³-hybridized carbons (Fsp3) is 0.600. The summed E-state index contributed by atoms with van der Waals surface area (Å²) in [4.78, 5) is 20.3. The Labute approximate surface area is 140 Å². The van der Waals surface area contributed by atoms with Crippen molar-refractivity contribution in [3.63, 3.8) is 0 Å². The van der Waals surface area contributed by atoms with Crippen molar-refractivity contribution >= 4 is 34.5 Å². The molecule has 0 aliphatic carbocycles. The predicted molar refractivity (Wildman–Crippen MR) is 93.8 cm³/mol. The molecule has 2 aromatic heterocycles. The summed E-state index contributed by atoms with van der Waals surface area (Å²) in [5.41, 5.74) is 0.798. The van der Waals surface area contributed by atoms with Crippen LogP contribution < -0.4 is 10.6 Å². The molecule has 0 aliphatic rings. The van der Waals surface area contributed by atoms with E-state index in [1.54, 1.807) is 18.0 Å². The van der Waals surface area contributed by atoms with Gasteiger partial charge in [-0.1, -0.05) is 32.5 Å². The number of rotatable bonds is 8. The highest BCUT2D eigenvalue weighted by molar-refractivity contribution is 7.99. The van der Waals surface area contributed by atoms with Crippen LogP contribution in [0.1, 0.15) is 34.1 Å². The lowest BCUT2D eigenvalue weighted by Gasteiger charge is -2.10. The van der Waals surface area contributed by atoms with E-state index in [0.717, 1.165) is 35.0 Å². The van der Waals surface area contributed by atoms with Crippen molar-refractivity contribution in [2.45, 2.75) is 51.1 Å². The van der Waals surface area contributed by atoms with E-state index >= 15 is 0 Å². The van der Waals surface area contributed by atoms with E-state index in [1.807, 2.05) is 4.68 Å². The van der Waals surface area contributed by atoms with Gasteiger partial charge >= 0.3 is 0 Å². The number of carbonyl (C=O) groups excluding carboxylic acids is 1. The van der Waals surface area contributed by atoms with Gasteiger partial charge in [0.05, 0.1) is 18.1 Å². The first-order valence-corrected chi connectivity index (χ1v) is 8.77. The Morgan fingerprint density at radius 2 is 2.13 bits per heavy atom. The summed E-state index contributed by atoms with van der Waals surface area (Å²) in [5.74, 6) is 0.781. The summed E-state index contributed by atoms with van der Waals surface area (Å²) in [6, 6.07) is 0. The van der Waals surface area contributed by atoms with Crippen LogP contribution in [0.4, 0.5) is 5.82 Å². The molecule has 0 bridgehead atoms. The average Bonchev–Trinajstić information content (AvgIpc) is 2.87. The second kappa shape index (κ2) is 8.14. The quantitative estimate of drug-likeness (QED) is 0.568. The minimum absolute atomic E-state index is 0.0440. The van der Waals surface area contributed by atoms with E-state index < -0.39 is 0 Å². The first kappa shape index (κ1) is 17.5. The van der Waals surface area contributed by atoms with Gasteiger partial charge in [-0.15, -0.1) is 0 Å². The zero-order valence-corrected chi connectivity index (χ0v) is 14.9. The van der Waals surface area contributed by atoms with Gasteiger partial charge in [0.15, 0.2) is 10.8 Å². The Bertz CT molecular complexity index is 669. The van der Waals surface area contributed by atoms with Gasteiger partial charge in [0.25, 0.3) is 0 Å². The molecular formula is C15H24N6OS. The summed E-state index contributed by atoms with van der Waals surface area (Å²) >= 11 is 1.63. The maximum atomic E-state index is 11.0. The normalized spacial score (nSPS) is 11.2. The van der Waals surface area contributed by atoms with E-state index in [0.29, 0.717) is 18.3 Å². The van der Waals surface area contributed by atoms with Crippen LogP contribution in [0, 0.1) is 0 Å². The number of hydrogen-bond donors (Lipinski definition) is 2. The first-order valence-electron chi connectivity index (χ1n) is 7.89. The van der Waals surface area contributed by atoms with Crippen LogP contribution >= 0.6 is 11.8 Å². The van der Waals surface area contributed by atoms with E-state index in [4.69, 9.17) is 0 Å². The number of amides is 1. The summed E-state index contributed by atoms with van der Waals surface area (Å²) in [6.07, 6.45) is 2.81. The van der Waals surface area contributed by atoms with Gasteiger partial charge in [0.1, 0.15) is 5.82 Å². The third-order valence-electron chi connectivity index (χ3n) is 3.06. The molecule has 2 N–H and O–H groups in total. The highest BCUT2D eigenvalue weighted by Gasteiger charge is 2.14. The fourth-order valence-electron chi connectivity index (χ4n) is 2.08. The lowest BCUT2D eigenvalue weighted by molar-refractivity contribution is -0.118. The molecule has 0 unspecified atom stereocenters. The number of hydrogen-bond acceptors (Lipinski definition) is 6. The van der Waals surface area contributed by atoms with Crippen LogP contribution in [0.3, 0.4) is 0 Å². The highest BCUT2D eigenvalue weighted by Crippen LogP contribution is 2.26. The number of carbonyl (C=O) groups is 1. The van der Waals surface area contributed by atoms with Gasteiger partial charge in [-0.25, -0.2) is 14.6 Å². The van der Waals surface area contributed by atoms with Crippen LogP contribution in [0.2, 0.25) is 0 Å². The molecule has 2 aromatic rings. The molecule has 0 aliphatic heterocycles. The minimum Gasteiger partial charge on any atom is -0.369 e. The standard InChI is InChI=1S/C15H24N6OS/c1-5-6-17-13-12-9-18-21(8-7-16-11(4)22)14(12)20-15(19-13)23-10(2)3/h9-10H,5-8H2,1-4H3,(H,16,22)(H,17,19,20). The fourth-order valence-corrected chi connectivity index (χ4v) is 2.78. The average molecular weight is 336 g/mol. The molecule has 126 valence electrons. The van der Waals surface area contributed by atoms with Gasteiger partial charge < -0.3 is 10.6 Å². The molecule has 23 heavy (non-hydrogen) atoms. The topological polar surface area (TPSA) is 84.7 Å². The molecule has 0 spiro atoms. The number of nitrogens with one attached hydrogen (secondary N) is 2. The number of thioether (sulfide) groups is 1. The van der Waals surface area contributed by atoms with Gasteiger partial charge in [0.2, 0.25) is 5.91 Å². The zero-order valence-electron chi connectivity index (χ0n) is 14.1. The van der Waals surface area contributed by atoms with Crippen LogP contribution in [0.15, 0.2) is 11.4 Å². The summed E-state index contributed by atoms with van der Waals surface area (Å²) in [6.45, 7) is 9.82. The predicted octanol–water partition coefficient (Wildman–Crippen LogP) is 2.28. The molecule has 0 saturated carbocycles. The van der Waals surface area contributed by atoms with Crippen molar-refractivity contribution in [1.29, 1.82) is 0 Å². The van der Waals surface area contributed by atoms with Crippen molar-refractivity contribution in [3.05, 3.63) is 6.20 Å². The van der Waals surface area contributed by atoms with E-state index in [2.05, 4.69) is 46.5 Å². The number of fused-ring (bicyclic) bond motifs is 1. The first-order chi connectivity index (χ1) is 11.0. The molecular weight excluding hydrogens is 312 g/mol. The Kier molecular flexibility index (Phi) is 6.20. The lowest BCUT2D eigenvalue weighted by Crippen LogP contribution is -2.24. The van der Waals surface area contributed by atoms with Gasteiger partial charge in [-0.2, -0.15) is 5.10 Å². The van der Waals surface area contributed by atoms with E-state index in [9.17, 15) is 4.79 Å². The van der Waals surface area contributed by atoms with Gasteiger partial charge in [0, 0.05) is 25.3 Å². The molecule has 1 amide bonds. The van der Waals surface area contributed by atoms with Gasteiger partial charge in [-0.3, -0.25) is 4.79 Å². The molecule has 2 heterocycles. The molecule has 0 atom stereocenters. The molecule has 8 heteroatoms. The number of aromatic nitrogens is 4. The monoisotopic (exact) mass is 336 g/mol. The Morgan fingerprint density at radius 1 is 1.35 bits per heavy atom. The van der Waals surface area contributed by atoms with E-state index in [1.165, 1.54) is 6.92 Å². The molecule has 0 aromatic carbocycles. The molecule has 0 saturated heterocycles. The van der Waals surface area contributed by atoms with Crippen molar-refractivity contribution in [3.8, 4) is 0 Å². The zero-order chi connectivity index (χ0) is 16.8. The molecule has 2 rings (SSSR count). The minimum atomic E-state index is -0.0440. The largest absolute Gasteiger partial charge is 0.369 e. The van der Waals surface area contributed by atoms with Crippen molar-refractivity contribution in [1.82, 2.24) is 25.1 Å².